The van der Waals surface area contributed by atoms with Crippen LogP contribution in [0.1, 0.15) is 40.2 Å². The van der Waals surface area contributed by atoms with Crippen LogP contribution in [0.2, 0.25) is 0 Å². The first-order valence-electron chi connectivity index (χ1n) is 10.8. The van der Waals surface area contributed by atoms with Crippen LogP contribution in [0.3, 0.4) is 0 Å². The van der Waals surface area contributed by atoms with E-state index in [-0.39, 0.29) is 29.9 Å². The number of hydrogen-bond donors (Lipinski definition) is 3. The molecule has 0 aliphatic carbocycles. The maximum atomic E-state index is 11.6. The molecule has 0 saturated carbocycles. The highest BCUT2D eigenvalue weighted by molar-refractivity contribution is 14.0. The Bertz CT molecular complexity index is 654. The number of hydrogen-bond acceptors (Lipinski definition) is 4. The zero-order valence-corrected chi connectivity index (χ0v) is 21.4. The first kappa shape index (κ1) is 26.5. The molecule has 1 aromatic rings. The second kappa shape index (κ2) is 13.7. The van der Waals surface area contributed by atoms with Crippen molar-refractivity contribution >= 4 is 41.5 Å². The summed E-state index contributed by atoms with van der Waals surface area (Å²) in [6, 6.07) is 9.39. The van der Waals surface area contributed by atoms with Crippen molar-refractivity contribution < 1.29 is 4.79 Å². The number of nitrogens with zero attached hydrogens (tertiary/aromatic N) is 3. The summed E-state index contributed by atoms with van der Waals surface area (Å²) in [6.07, 6.45) is 0. The van der Waals surface area contributed by atoms with Crippen LogP contribution < -0.4 is 20.9 Å². The van der Waals surface area contributed by atoms with Crippen molar-refractivity contribution in [1.82, 2.24) is 20.9 Å². The molecule has 1 aliphatic rings. The summed E-state index contributed by atoms with van der Waals surface area (Å²) in [5.41, 5.74) is 2.23. The number of guanidine groups is 1. The minimum absolute atomic E-state index is 0. The van der Waals surface area contributed by atoms with Crippen molar-refractivity contribution in [1.29, 1.82) is 0 Å². The van der Waals surface area contributed by atoms with Crippen LogP contribution in [0, 0.1) is 0 Å². The van der Waals surface area contributed by atoms with E-state index in [1.165, 1.54) is 0 Å². The number of amides is 1. The topological polar surface area (TPSA) is 72.0 Å². The third-order valence-corrected chi connectivity index (χ3v) is 5.09. The maximum Gasteiger partial charge on any atom is 0.239 e. The molecular formula is C22H39IN6O. The van der Waals surface area contributed by atoms with E-state index in [0.717, 1.165) is 43.4 Å². The molecular weight excluding hydrogens is 491 g/mol. The zero-order valence-electron chi connectivity index (χ0n) is 19.1. The Labute approximate surface area is 199 Å². The highest BCUT2D eigenvalue weighted by atomic mass is 127. The van der Waals surface area contributed by atoms with E-state index >= 15 is 0 Å². The largest absolute Gasteiger partial charge is 0.360 e. The molecule has 0 bridgehead atoms. The second-order valence-corrected chi connectivity index (χ2v) is 7.99. The van der Waals surface area contributed by atoms with E-state index in [2.05, 4.69) is 84.6 Å². The van der Waals surface area contributed by atoms with E-state index in [0.29, 0.717) is 31.7 Å². The summed E-state index contributed by atoms with van der Waals surface area (Å²) in [6.45, 7) is 16.3. The van der Waals surface area contributed by atoms with Crippen LogP contribution in [0.15, 0.2) is 29.3 Å². The summed E-state index contributed by atoms with van der Waals surface area (Å²) in [5, 5.41) is 9.62. The molecule has 3 N–H and O–H groups in total. The fourth-order valence-electron chi connectivity index (χ4n) is 3.60. The SMILES string of the molecule is CCNC(=NCc1ccc(N2CCNC(=O)C2)cc1)NCCN(C(C)C)C(C)C.I. The van der Waals surface area contributed by atoms with Gasteiger partial charge in [0, 0.05) is 50.5 Å². The molecule has 170 valence electrons. The van der Waals surface area contributed by atoms with Crippen LogP contribution in [0.4, 0.5) is 5.69 Å². The molecule has 1 saturated heterocycles. The number of carbonyl (C=O) groups is 1. The van der Waals surface area contributed by atoms with Gasteiger partial charge in [-0.3, -0.25) is 9.69 Å². The highest BCUT2D eigenvalue weighted by Gasteiger charge is 2.16. The van der Waals surface area contributed by atoms with Gasteiger partial charge in [0.1, 0.15) is 0 Å². The van der Waals surface area contributed by atoms with Gasteiger partial charge in [-0.15, -0.1) is 24.0 Å². The monoisotopic (exact) mass is 530 g/mol. The average molecular weight is 530 g/mol. The number of halogens is 1. The Morgan fingerprint density at radius 3 is 2.40 bits per heavy atom. The van der Waals surface area contributed by atoms with E-state index in [1.54, 1.807) is 0 Å². The summed E-state index contributed by atoms with van der Waals surface area (Å²) < 4.78 is 0. The van der Waals surface area contributed by atoms with Crippen molar-refractivity contribution in [2.45, 2.75) is 53.2 Å². The quantitative estimate of drug-likeness (QED) is 0.260. The lowest BCUT2D eigenvalue weighted by atomic mass is 10.2. The molecule has 7 nitrogen and oxygen atoms in total. The first-order chi connectivity index (χ1) is 13.9. The smallest absolute Gasteiger partial charge is 0.239 e. The molecule has 1 heterocycles. The molecule has 1 fully saturated rings. The summed E-state index contributed by atoms with van der Waals surface area (Å²) in [7, 11) is 0. The molecule has 0 aromatic heterocycles. The molecule has 0 atom stereocenters. The molecule has 1 amide bonds. The summed E-state index contributed by atoms with van der Waals surface area (Å²) in [5.74, 6) is 0.927. The van der Waals surface area contributed by atoms with Gasteiger partial charge in [0.05, 0.1) is 13.1 Å². The van der Waals surface area contributed by atoms with Crippen LogP contribution in [-0.4, -0.2) is 68.1 Å². The molecule has 0 spiro atoms. The van der Waals surface area contributed by atoms with Crippen molar-refractivity contribution in [2.75, 3.05) is 44.2 Å². The van der Waals surface area contributed by atoms with E-state index in [1.807, 2.05) is 0 Å². The molecule has 30 heavy (non-hydrogen) atoms. The maximum absolute atomic E-state index is 11.6. The Kier molecular flexibility index (Phi) is 12.1. The third-order valence-electron chi connectivity index (χ3n) is 5.09. The van der Waals surface area contributed by atoms with Crippen molar-refractivity contribution in [3.05, 3.63) is 29.8 Å². The minimum Gasteiger partial charge on any atom is -0.360 e. The van der Waals surface area contributed by atoms with Gasteiger partial charge >= 0.3 is 0 Å². The predicted molar refractivity (Wildman–Crippen MR) is 137 cm³/mol. The van der Waals surface area contributed by atoms with Gasteiger partial charge in [-0.1, -0.05) is 12.1 Å². The first-order valence-corrected chi connectivity index (χ1v) is 10.8. The standard InChI is InChI=1S/C22H38N6O.HI/c1-6-23-22(25-12-14-28(17(2)3)18(4)5)26-15-19-7-9-20(10-8-19)27-13-11-24-21(29)16-27;/h7-10,17-18H,6,11-16H2,1-5H3,(H,24,29)(H2,23,25,26);1H. The predicted octanol–water partition coefficient (Wildman–Crippen LogP) is 2.41. The Hall–Kier alpha value is -1.55. The Morgan fingerprint density at radius 1 is 1.17 bits per heavy atom. The molecule has 0 unspecified atom stereocenters. The van der Waals surface area contributed by atoms with Gasteiger partial charge < -0.3 is 20.9 Å². The molecule has 8 heteroatoms. The molecule has 2 rings (SSSR count). The normalized spacial score (nSPS) is 14.7. The fraction of sp³-hybridized carbons (Fsp3) is 0.636. The number of piperazine rings is 1. The van der Waals surface area contributed by atoms with Gasteiger partial charge in [0.25, 0.3) is 0 Å². The van der Waals surface area contributed by atoms with Gasteiger partial charge in [-0.05, 0) is 52.3 Å². The average Bonchev–Trinajstić information content (AvgIpc) is 2.69. The Balaban J connectivity index is 0.00000450. The van der Waals surface area contributed by atoms with Gasteiger partial charge in [-0.2, -0.15) is 0 Å². The number of aliphatic imine (C=N–C) groups is 1. The molecule has 1 aliphatic heterocycles. The van der Waals surface area contributed by atoms with Gasteiger partial charge in [-0.25, -0.2) is 4.99 Å². The van der Waals surface area contributed by atoms with Crippen LogP contribution in [0.25, 0.3) is 0 Å². The minimum atomic E-state index is 0. The summed E-state index contributed by atoms with van der Waals surface area (Å²) >= 11 is 0. The van der Waals surface area contributed by atoms with Crippen LogP contribution in [-0.2, 0) is 11.3 Å². The van der Waals surface area contributed by atoms with Crippen molar-refractivity contribution in [2.24, 2.45) is 4.99 Å². The van der Waals surface area contributed by atoms with E-state index in [9.17, 15) is 4.79 Å². The number of benzene rings is 1. The van der Waals surface area contributed by atoms with E-state index < -0.39 is 0 Å². The zero-order chi connectivity index (χ0) is 21.2. The number of anilines is 1. The van der Waals surface area contributed by atoms with E-state index in [4.69, 9.17) is 4.99 Å². The number of rotatable bonds is 9. The third kappa shape index (κ3) is 8.67. The number of nitrogens with one attached hydrogen (secondary N) is 3. The summed E-state index contributed by atoms with van der Waals surface area (Å²) in [4.78, 5) is 20.9. The molecule has 0 radical (unpaired) electrons. The number of carbonyl (C=O) groups excluding carboxylic acids is 1. The lowest BCUT2D eigenvalue weighted by Crippen LogP contribution is -2.47. The van der Waals surface area contributed by atoms with Crippen LogP contribution >= 0.6 is 24.0 Å². The Morgan fingerprint density at radius 2 is 1.83 bits per heavy atom. The van der Waals surface area contributed by atoms with Crippen molar-refractivity contribution in [3.63, 3.8) is 0 Å². The lowest BCUT2D eigenvalue weighted by Gasteiger charge is -2.30. The fourth-order valence-corrected chi connectivity index (χ4v) is 3.60. The second-order valence-electron chi connectivity index (χ2n) is 7.99. The van der Waals surface area contributed by atoms with Gasteiger partial charge in [0.2, 0.25) is 5.91 Å². The lowest BCUT2D eigenvalue weighted by molar-refractivity contribution is -0.120. The van der Waals surface area contributed by atoms with Gasteiger partial charge in [0.15, 0.2) is 5.96 Å². The van der Waals surface area contributed by atoms with Crippen LogP contribution in [0.5, 0.6) is 0 Å². The van der Waals surface area contributed by atoms with Crippen molar-refractivity contribution in [3.8, 4) is 0 Å². The molecule has 1 aromatic carbocycles. The highest BCUT2D eigenvalue weighted by Crippen LogP contribution is 2.16.